The highest BCUT2D eigenvalue weighted by Crippen LogP contribution is 2.29. The van der Waals surface area contributed by atoms with Crippen LogP contribution in [-0.4, -0.2) is 43.3 Å². The average molecular weight is 201 g/mol. The van der Waals surface area contributed by atoms with E-state index in [4.69, 9.17) is 10.5 Å². The first-order valence-electron chi connectivity index (χ1n) is 4.43. The highest BCUT2D eigenvalue weighted by atomic mass is 16.5. The molecule has 1 rings (SSSR count). The van der Waals surface area contributed by atoms with Crippen molar-refractivity contribution >= 4 is 11.9 Å². The number of amides is 3. The molecular formula is C8H15N3O3. The van der Waals surface area contributed by atoms with Gasteiger partial charge in [0.15, 0.2) is 0 Å². The van der Waals surface area contributed by atoms with Crippen molar-refractivity contribution in [1.82, 2.24) is 10.2 Å². The molecular weight excluding hydrogens is 186 g/mol. The van der Waals surface area contributed by atoms with Crippen LogP contribution in [0.15, 0.2) is 0 Å². The van der Waals surface area contributed by atoms with Crippen LogP contribution in [0, 0.1) is 0 Å². The standard InChI is InChI=1S/C8H15N3O3/c1-10-6(12)8(14-2)4-3-5-11(8)7(9)13/h3-5H2,1-2H3,(H2,9,13)(H,10,12). The maximum absolute atomic E-state index is 11.6. The number of nitrogens with one attached hydrogen (secondary N) is 1. The summed E-state index contributed by atoms with van der Waals surface area (Å²) in [6, 6.07) is -0.632. The van der Waals surface area contributed by atoms with Crippen LogP contribution in [0.4, 0.5) is 4.79 Å². The van der Waals surface area contributed by atoms with E-state index in [0.29, 0.717) is 19.4 Å². The lowest BCUT2D eigenvalue weighted by molar-refractivity contribution is -0.157. The predicted molar refractivity (Wildman–Crippen MR) is 49.3 cm³/mol. The van der Waals surface area contributed by atoms with Crippen molar-refractivity contribution in [2.24, 2.45) is 5.73 Å². The summed E-state index contributed by atoms with van der Waals surface area (Å²) >= 11 is 0. The second-order valence-electron chi connectivity index (χ2n) is 3.16. The topological polar surface area (TPSA) is 84.7 Å². The molecule has 0 radical (unpaired) electrons. The van der Waals surface area contributed by atoms with Crippen LogP contribution in [0.3, 0.4) is 0 Å². The van der Waals surface area contributed by atoms with Crippen molar-refractivity contribution in [3.05, 3.63) is 0 Å². The van der Waals surface area contributed by atoms with E-state index >= 15 is 0 Å². The molecule has 1 unspecified atom stereocenters. The van der Waals surface area contributed by atoms with Gasteiger partial charge in [0.25, 0.3) is 5.91 Å². The lowest BCUT2D eigenvalue weighted by atomic mass is 10.1. The number of hydrogen-bond donors (Lipinski definition) is 2. The van der Waals surface area contributed by atoms with Gasteiger partial charge in [-0.2, -0.15) is 0 Å². The van der Waals surface area contributed by atoms with Gasteiger partial charge in [-0.05, 0) is 6.42 Å². The van der Waals surface area contributed by atoms with Crippen molar-refractivity contribution in [2.75, 3.05) is 20.7 Å². The zero-order valence-corrected chi connectivity index (χ0v) is 8.37. The number of rotatable bonds is 2. The predicted octanol–water partition coefficient (Wildman–Crippen LogP) is -0.750. The number of likely N-dealkylation sites (N-methyl/N-ethyl adjacent to an activating group) is 1. The van der Waals surface area contributed by atoms with Gasteiger partial charge in [0, 0.05) is 27.1 Å². The Morgan fingerprint density at radius 1 is 1.57 bits per heavy atom. The fourth-order valence-electron chi connectivity index (χ4n) is 1.82. The van der Waals surface area contributed by atoms with Crippen molar-refractivity contribution in [1.29, 1.82) is 0 Å². The number of likely N-dealkylation sites (tertiary alicyclic amines) is 1. The summed E-state index contributed by atoms with van der Waals surface area (Å²) in [7, 11) is 2.90. The first-order valence-corrected chi connectivity index (χ1v) is 4.43. The van der Waals surface area contributed by atoms with E-state index in [1.807, 2.05) is 0 Å². The van der Waals surface area contributed by atoms with E-state index in [-0.39, 0.29) is 5.91 Å². The smallest absolute Gasteiger partial charge is 0.317 e. The molecule has 1 fully saturated rings. The van der Waals surface area contributed by atoms with Crippen molar-refractivity contribution < 1.29 is 14.3 Å². The molecule has 3 amide bonds. The van der Waals surface area contributed by atoms with E-state index in [0.717, 1.165) is 0 Å². The second kappa shape index (κ2) is 3.83. The molecule has 0 saturated carbocycles. The molecule has 1 atom stereocenters. The number of primary amides is 1. The lowest BCUT2D eigenvalue weighted by Gasteiger charge is -2.33. The largest absolute Gasteiger partial charge is 0.355 e. The monoisotopic (exact) mass is 201 g/mol. The molecule has 80 valence electrons. The Balaban J connectivity index is 2.97. The summed E-state index contributed by atoms with van der Waals surface area (Å²) in [5.74, 6) is -0.337. The maximum Gasteiger partial charge on any atom is 0.317 e. The zero-order chi connectivity index (χ0) is 10.8. The van der Waals surface area contributed by atoms with Crippen LogP contribution in [0.5, 0.6) is 0 Å². The Morgan fingerprint density at radius 3 is 2.64 bits per heavy atom. The van der Waals surface area contributed by atoms with Crippen molar-refractivity contribution in [3.8, 4) is 0 Å². The molecule has 1 aliphatic rings. The Bertz CT molecular complexity index is 256. The molecule has 0 aromatic rings. The van der Waals surface area contributed by atoms with E-state index in [1.54, 1.807) is 0 Å². The number of nitrogens with zero attached hydrogens (tertiary/aromatic N) is 1. The number of nitrogens with two attached hydrogens (primary N) is 1. The van der Waals surface area contributed by atoms with Crippen LogP contribution in [0.1, 0.15) is 12.8 Å². The Labute approximate surface area is 82.4 Å². The summed E-state index contributed by atoms with van der Waals surface area (Å²) in [4.78, 5) is 23.9. The van der Waals surface area contributed by atoms with Gasteiger partial charge in [-0.25, -0.2) is 4.79 Å². The Morgan fingerprint density at radius 2 is 2.21 bits per heavy atom. The lowest BCUT2D eigenvalue weighted by Crippen LogP contribution is -2.59. The van der Waals surface area contributed by atoms with Crippen LogP contribution in [0.2, 0.25) is 0 Å². The Hall–Kier alpha value is -1.30. The molecule has 1 aliphatic heterocycles. The van der Waals surface area contributed by atoms with Gasteiger partial charge in [-0.3, -0.25) is 9.69 Å². The average Bonchev–Trinajstić information content (AvgIpc) is 2.61. The molecule has 6 nitrogen and oxygen atoms in total. The van der Waals surface area contributed by atoms with Gasteiger partial charge in [-0.1, -0.05) is 0 Å². The van der Waals surface area contributed by atoms with Gasteiger partial charge >= 0.3 is 6.03 Å². The molecule has 0 aromatic carbocycles. The quantitative estimate of drug-likeness (QED) is 0.616. The minimum Gasteiger partial charge on any atom is -0.355 e. The van der Waals surface area contributed by atoms with E-state index in [1.165, 1.54) is 19.1 Å². The third-order valence-electron chi connectivity index (χ3n) is 2.52. The normalized spacial score (nSPS) is 26.3. The van der Waals surface area contributed by atoms with Crippen LogP contribution in [0.25, 0.3) is 0 Å². The molecule has 14 heavy (non-hydrogen) atoms. The summed E-state index contributed by atoms with van der Waals surface area (Å²) in [5, 5.41) is 2.47. The summed E-state index contributed by atoms with van der Waals surface area (Å²) in [5.41, 5.74) is 3.96. The molecule has 3 N–H and O–H groups in total. The maximum atomic E-state index is 11.6. The molecule has 0 bridgehead atoms. The van der Waals surface area contributed by atoms with E-state index in [2.05, 4.69) is 5.32 Å². The summed E-state index contributed by atoms with van der Waals surface area (Å²) in [6.07, 6.45) is 1.19. The van der Waals surface area contributed by atoms with Crippen LogP contribution >= 0.6 is 0 Å². The van der Waals surface area contributed by atoms with Crippen LogP contribution in [-0.2, 0) is 9.53 Å². The van der Waals surface area contributed by atoms with Crippen molar-refractivity contribution in [3.63, 3.8) is 0 Å². The zero-order valence-electron chi connectivity index (χ0n) is 8.37. The highest BCUT2D eigenvalue weighted by molar-refractivity contribution is 5.89. The molecule has 0 aromatic heterocycles. The van der Waals surface area contributed by atoms with E-state index in [9.17, 15) is 9.59 Å². The SMILES string of the molecule is CNC(=O)C1(OC)CCCN1C(N)=O. The third-order valence-corrected chi connectivity index (χ3v) is 2.52. The van der Waals surface area contributed by atoms with Gasteiger partial charge in [0.05, 0.1) is 0 Å². The fraction of sp³-hybridized carbons (Fsp3) is 0.750. The molecule has 1 heterocycles. The van der Waals surface area contributed by atoms with Crippen molar-refractivity contribution in [2.45, 2.75) is 18.6 Å². The number of urea groups is 1. The van der Waals surface area contributed by atoms with Gasteiger partial charge in [-0.15, -0.1) is 0 Å². The third kappa shape index (κ3) is 1.41. The van der Waals surface area contributed by atoms with Gasteiger partial charge in [0.1, 0.15) is 0 Å². The van der Waals surface area contributed by atoms with E-state index < -0.39 is 11.8 Å². The van der Waals surface area contributed by atoms with Gasteiger partial charge in [0.2, 0.25) is 5.72 Å². The summed E-state index contributed by atoms with van der Waals surface area (Å²) in [6.45, 7) is 0.455. The van der Waals surface area contributed by atoms with Gasteiger partial charge < -0.3 is 15.8 Å². The number of carbonyl (C=O) groups is 2. The molecule has 6 heteroatoms. The minimum atomic E-state index is -1.21. The first kappa shape index (κ1) is 10.8. The minimum absolute atomic E-state index is 0.337. The number of methoxy groups -OCH3 is 1. The fourth-order valence-corrected chi connectivity index (χ4v) is 1.82. The number of hydrogen-bond acceptors (Lipinski definition) is 3. The first-order chi connectivity index (χ1) is 6.58. The molecule has 1 saturated heterocycles. The molecule has 0 aliphatic carbocycles. The summed E-state index contributed by atoms with van der Waals surface area (Å²) < 4.78 is 5.14. The number of ether oxygens (including phenoxy) is 1. The highest BCUT2D eigenvalue weighted by Gasteiger charge is 2.49. The Kier molecular flexibility index (Phi) is 2.95. The van der Waals surface area contributed by atoms with Crippen LogP contribution < -0.4 is 11.1 Å². The number of carbonyl (C=O) groups excluding carboxylic acids is 2. The molecule has 0 spiro atoms. The second-order valence-corrected chi connectivity index (χ2v) is 3.16.